The quantitative estimate of drug-likeness (QED) is 0.327. The van der Waals surface area contributed by atoms with Crippen molar-refractivity contribution in [3.8, 4) is 5.75 Å². The van der Waals surface area contributed by atoms with Crippen molar-refractivity contribution in [2.75, 3.05) is 20.6 Å². The Hall–Kier alpha value is -3.76. The summed E-state index contributed by atoms with van der Waals surface area (Å²) in [6.45, 7) is 3.29. The third-order valence-corrected chi connectivity index (χ3v) is 8.89. The highest BCUT2D eigenvalue weighted by molar-refractivity contribution is 7.87. The zero-order chi connectivity index (χ0) is 27.4. The largest absolute Gasteiger partial charge is 0.510 e. The summed E-state index contributed by atoms with van der Waals surface area (Å²) in [7, 11) is -0.664. The van der Waals surface area contributed by atoms with Gasteiger partial charge in [0.25, 0.3) is 0 Å². The lowest BCUT2D eigenvalue weighted by molar-refractivity contribution is -0.135. The molecule has 0 heterocycles. The van der Waals surface area contributed by atoms with Gasteiger partial charge in [-0.25, -0.2) is 0 Å². The number of rotatable bonds is 6. The molecule has 4 atom stereocenters. The highest BCUT2D eigenvalue weighted by Gasteiger charge is 2.54. The molecule has 0 bridgehead atoms. The van der Waals surface area contributed by atoms with Gasteiger partial charge in [-0.05, 0) is 69.3 Å². The molecule has 5 rings (SSSR count). The van der Waals surface area contributed by atoms with Gasteiger partial charge < -0.3 is 14.4 Å². The van der Waals surface area contributed by atoms with Crippen LogP contribution in [0.5, 0.6) is 5.75 Å². The summed E-state index contributed by atoms with van der Waals surface area (Å²) in [4.78, 5) is 32.8. The number of benzene rings is 2. The zero-order valence-corrected chi connectivity index (χ0v) is 21.8. The van der Waals surface area contributed by atoms with Gasteiger partial charge in [0.15, 0.2) is 17.3 Å². The minimum absolute atomic E-state index is 0.0426. The number of fused-ring (bicyclic) bond motifs is 3. The third kappa shape index (κ3) is 4.04. The number of aliphatic hydroxyl groups is 2. The van der Waals surface area contributed by atoms with Gasteiger partial charge in [-0.15, -0.1) is 0 Å². The number of nitrogens with zero attached hydrogens (tertiary/aromatic N) is 2. The van der Waals surface area contributed by atoms with Crippen LogP contribution in [-0.4, -0.2) is 68.5 Å². The second-order valence-electron chi connectivity index (χ2n) is 10.1. The van der Waals surface area contributed by atoms with Crippen molar-refractivity contribution in [1.82, 2.24) is 4.90 Å². The first-order valence-corrected chi connectivity index (χ1v) is 13.6. The van der Waals surface area contributed by atoms with Gasteiger partial charge in [0.2, 0.25) is 0 Å². The van der Waals surface area contributed by atoms with Crippen molar-refractivity contribution in [2.24, 2.45) is 22.7 Å². The first kappa shape index (κ1) is 25.9. The number of hydrogen-bond acceptors (Lipinski definition) is 9. The number of ketones is 2. The number of allylic oxidation sites excluding steroid dienone is 1. The van der Waals surface area contributed by atoms with Crippen LogP contribution in [0.25, 0.3) is 5.76 Å². The molecule has 1 fully saturated rings. The minimum Gasteiger partial charge on any atom is -0.510 e. The molecule has 1 saturated carbocycles. The number of likely N-dealkylation sites (N-methyl/N-ethyl adjacent to an activating group) is 1. The van der Waals surface area contributed by atoms with Crippen molar-refractivity contribution in [2.45, 2.75) is 23.8 Å². The maximum Gasteiger partial charge on any atom is 0.339 e. The predicted octanol–water partition coefficient (Wildman–Crippen LogP) is 3.13. The summed E-state index contributed by atoms with van der Waals surface area (Å²) < 4.78 is 31.3. The first-order valence-electron chi connectivity index (χ1n) is 12.2. The van der Waals surface area contributed by atoms with Gasteiger partial charge in [0.1, 0.15) is 16.4 Å². The van der Waals surface area contributed by atoms with E-state index < -0.39 is 45.5 Å². The Labute approximate surface area is 220 Å². The van der Waals surface area contributed by atoms with E-state index in [0.717, 1.165) is 0 Å². The number of carbonyl (C=O) groups excluding carboxylic acids is 2. The summed E-state index contributed by atoms with van der Waals surface area (Å²) in [5.41, 5.74) is 0.887. The molecule has 3 aliphatic carbocycles. The third-order valence-electron chi connectivity index (χ3n) is 7.64. The van der Waals surface area contributed by atoms with E-state index in [0.29, 0.717) is 18.4 Å². The van der Waals surface area contributed by atoms with Crippen LogP contribution in [0.3, 0.4) is 0 Å². The molecule has 2 N–H and O–H groups in total. The molecule has 0 spiro atoms. The normalized spacial score (nSPS) is 25.1. The Morgan fingerprint density at radius 1 is 1.05 bits per heavy atom. The summed E-state index contributed by atoms with van der Waals surface area (Å²) in [5.74, 6) is -3.65. The standard InChI is InChI=1S/C28H28N2O7S/c1-29-14-19-25(31)23-18(24(26(19)32)30(2)3)13-16-12-15-8-7-11-20(21(15)27(33)22(16)28(23)34)37-38(35,36)17-9-5-4-6-10-17/h4-11,16,18,23-24,32-33H,1,12-14H2,2-3H3. The smallest absolute Gasteiger partial charge is 0.339 e. The van der Waals surface area contributed by atoms with E-state index >= 15 is 0 Å². The number of hydrogen-bond donors (Lipinski definition) is 2. The van der Waals surface area contributed by atoms with Gasteiger partial charge in [-0.1, -0.05) is 30.3 Å². The second-order valence-corrected chi connectivity index (χ2v) is 11.6. The number of Topliss-reactive ketones (excluding diaryl/α,β-unsaturated/α-hetero) is 2. The molecule has 198 valence electrons. The van der Waals surface area contributed by atoms with E-state index in [9.17, 15) is 28.2 Å². The lowest BCUT2D eigenvalue weighted by atomic mass is 9.59. The molecule has 0 amide bonds. The van der Waals surface area contributed by atoms with E-state index in [-0.39, 0.29) is 45.4 Å². The fourth-order valence-electron chi connectivity index (χ4n) is 6.10. The SMILES string of the molecule is C=NCC1=C(O)C(N(C)C)C2CC3Cc4cccc(OS(=O)(=O)c5ccccc5)c4C(O)=C3C(=O)C2C1=O. The first-order chi connectivity index (χ1) is 18.1. The molecule has 38 heavy (non-hydrogen) atoms. The van der Waals surface area contributed by atoms with Gasteiger partial charge >= 0.3 is 10.1 Å². The Bertz CT molecular complexity index is 1510. The van der Waals surface area contributed by atoms with Crippen molar-refractivity contribution in [3.05, 3.63) is 76.6 Å². The fraction of sp³-hybridized carbons (Fsp3) is 0.321. The molecule has 0 saturated heterocycles. The van der Waals surface area contributed by atoms with E-state index in [4.69, 9.17) is 4.18 Å². The van der Waals surface area contributed by atoms with Crippen molar-refractivity contribution < 1.29 is 32.4 Å². The van der Waals surface area contributed by atoms with Crippen LogP contribution in [0.4, 0.5) is 0 Å². The van der Waals surface area contributed by atoms with Crippen molar-refractivity contribution in [1.29, 1.82) is 0 Å². The van der Waals surface area contributed by atoms with Crippen LogP contribution in [-0.2, 0) is 26.1 Å². The summed E-state index contributed by atoms with van der Waals surface area (Å²) >= 11 is 0. The zero-order valence-electron chi connectivity index (χ0n) is 21.0. The Morgan fingerprint density at radius 3 is 2.42 bits per heavy atom. The molecule has 0 aliphatic heterocycles. The topological polar surface area (TPSA) is 134 Å². The van der Waals surface area contributed by atoms with Gasteiger partial charge in [0.05, 0.1) is 29.6 Å². The highest BCUT2D eigenvalue weighted by atomic mass is 32.2. The Balaban J connectivity index is 1.59. The molecule has 0 radical (unpaired) electrons. The van der Waals surface area contributed by atoms with Crippen LogP contribution in [0.1, 0.15) is 17.5 Å². The number of aliphatic hydroxyl groups excluding tert-OH is 2. The molecular formula is C28H28N2O7S. The fourth-order valence-corrected chi connectivity index (χ4v) is 7.06. The molecule has 3 aliphatic rings. The maximum atomic E-state index is 13.9. The number of carbonyl (C=O) groups is 2. The predicted molar refractivity (Wildman–Crippen MR) is 141 cm³/mol. The van der Waals surface area contributed by atoms with Crippen LogP contribution < -0.4 is 4.18 Å². The Kier molecular flexibility index (Phi) is 6.48. The van der Waals surface area contributed by atoms with E-state index in [1.54, 1.807) is 49.3 Å². The number of aliphatic imine (C=N–C) groups is 1. The van der Waals surface area contributed by atoms with Gasteiger partial charge in [-0.2, -0.15) is 8.42 Å². The molecule has 2 aromatic carbocycles. The summed E-state index contributed by atoms with van der Waals surface area (Å²) in [6, 6.07) is 11.9. The molecule has 2 aromatic rings. The molecule has 4 unspecified atom stereocenters. The van der Waals surface area contributed by atoms with E-state index in [2.05, 4.69) is 11.7 Å². The van der Waals surface area contributed by atoms with Crippen molar-refractivity contribution >= 4 is 34.2 Å². The van der Waals surface area contributed by atoms with Crippen LogP contribution in [0.15, 0.2) is 75.3 Å². The average molecular weight is 537 g/mol. The monoisotopic (exact) mass is 536 g/mol. The van der Waals surface area contributed by atoms with E-state index in [1.165, 1.54) is 18.2 Å². The van der Waals surface area contributed by atoms with E-state index in [1.807, 2.05) is 0 Å². The van der Waals surface area contributed by atoms with Crippen LogP contribution >= 0.6 is 0 Å². The average Bonchev–Trinajstić information content (AvgIpc) is 2.86. The lowest BCUT2D eigenvalue weighted by Gasteiger charge is -2.46. The highest BCUT2D eigenvalue weighted by Crippen LogP contribution is 2.50. The van der Waals surface area contributed by atoms with Crippen molar-refractivity contribution in [3.63, 3.8) is 0 Å². The van der Waals surface area contributed by atoms with Crippen LogP contribution in [0.2, 0.25) is 0 Å². The minimum atomic E-state index is -4.21. The Morgan fingerprint density at radius 2 is 1.76 bits per heavy atom. The lowest BCUT2D eigenvalue weighted by Crippen LogP contribution is -2.54. The van der Waals surface area contributed by atoms with Gasteiger partial charge in [0, 0.05) is 5.57 Å². The molecular weight excluding hydrogens is 508 g/mol. The summed E-state index contributed by atoms with van der Waals surface area (Å²) in [6.07, 6.45) is 0.711. The van der Waals surface area contributed by atoms with Crippen LogP contribution in [0, 0.1) is 17.8 Å². The summed E-state index contributed by atoms with van der Waals surface area (Å²) in [5, 5.41) is 22.4. The maximum absolute atomic E-state index is 13.9. The molecule has 9 nitrogen and oxygen atoms in total. The van der Waals surface area contributed by atoms with Gasteiger partial charge in [-0.3, -0.25) is 19.5 Å². The second kappa shape index (κ2) is 9.52. The molecule has 10 heteroatoms. The molecule has 0 aromatic heterocycles.